The van der Waals surface area contributed by atoms with Gasteiger partial charge in [-0.1, -0.05) is 0 Å². The molecule has 0 bridgehead atoms. The largest absolute Gasteiger partial charge is 0.395 e. The van der Waals surface area contributed by atoms with Crippen LogP contribution in [-0.4, -0.2) is 45.4 Å². The number of amides is 1. The first-order valence-electron chi connectivity index (χ1n) is 5.92. The van der Waals surface area contributed by atoms with Crippen LogP contribution in [0.4, 0.5) is 0 Å². The first-order valence-corrected chi connectivity index (χ1v) is 7.21. The van der Waals surface area contributed by atoms with Crippen molar-refractivity contribution in [2.24, 2.45) is 0 Å². The summed E-state index contributed by atoms with van der Waals surface area (Å²) in [7, 11) is 0. The summed E-state index contributed by atoms with van der Waals surface area (Å²) >= 11 is 1.46. The molecule has 0 fully saturated rings. The van der Waals surface area contributed by atoms with Crippen LogP contribution in [0.5, 0.6) is 0 Å². The lowest BCUT2D eigenvalue weighted by atomic mass is 10.1. The number of aromatic amines is 1. The molecule has 7 heteroatoms. The van der Waals surface area contributed by atoms with Crippen LogP contribution in [-0.2, 0) is 0 Å². The highest BCUT2D eigenvalue weighted by Gasteiger charge is 2.21. The number of nitrogens with one attached hydrogen (secondary N) is 2. The summed E-state index contributed by atoms with van der Waals surface area (Å²) < 4.78 is 0. The number of H-pyrrole nitrogens is 1. The number of aryl methyl sites for hydroxylation is 1. The maximum absolute atomic E-state index is 12.1. The monoisotopic (exact) mass is 285 g/mol. The molecule has 3 N–H and O–H groups in total. The van der Waals surface area contributed by atoms with E-state index >= 15 is 0 Å². The molecular weight excluding hydrogens is 266 g/mol. The Balaban J connectivity index is 2.96. The molecule has 2 atom stereocenters. The van der Waals surface area contributed by atoms with Gasteiger partial charge in [0.2, 0.25) is 0 Å². The molecule has 6 nitrogen and oxygen atoms in total. The van der Waals surface area contributed by atoms with E-state index in [1.807, 2.05) is 6.26 Å². The molecule has 0 aromatic carbocycles. The molecule has 2 unspecified atom stereocenters. The highest BCUT2D eigenvalue weighted by molar-refractivity contribution is 7.99. The van der Waals surface area contributed by atoms with Crippen molar-refractivity contribution in [1.82, 2.24) is 15.5 Å². The van der Waals surface area contributed by atoms with Crippen molar-refractivity contribution in [2.75, 3.05) is 12.9 Å². The van der Waals surface area contributed by atoms with Gasteiger partial charge in [-0.2, -0.15) is 16.9 Å². The minimum absolute atomic E-state index is 0.0344. The van der Waals surface area contributed by atoms with Gasteiger partial charge < -0.3 is 10.4 Å². The maximum atomic E-state index is 12.1. The van der Waals surface area contributed by atoms with Crippen LogP contribution in [0.15, 0.2) is 4.79 Å². The SMILES string of the molecule is CSC(CO)C(C)NC(=O)c1c(C)c(C)n[nH]c1=O. The van der Waals surface area contributed by atoms with Crippen LogP contribution in [0.25, 0.3) is 0 Å². The summed E-state index contributed by atoms with van der Waals surface area (Å²) in [5.41, 5.74) is 0.758. The number of carbonyl (C=O) groups excluding carboxylic acids is 1. The Morgan fingerprint density at radius 1 is 1.53 bits per heavy atom. The lowest BCUT2D eigenvalue weighted by Gasteiger charge is -2.21. The summed E-state index contributed by atoms with van der Waals surface area (Å²) in [6.07, 6.45) is 1.86. The molecular formula is C12H19N3O3S. The number of aliphatic hydroxyl groups is 1. The van der Waals surface area contributed by atoms with Crippen LogP contribution < -0.4 is 10.9 Å². The van der Waals surface area contributed by atoms with Gasteiger partial charge in [-0.15, -0.1) is 0 Å². The summed E-state index contributed by atoms with van der Waals surface area (Å²) in [5, 5.41) is 17.9. The van der Waals surface area contributed by atoms with E-state index in [4.69, 9.17) is 0 Å². The highest BCUT2D eigenvalue weighted by atomic mass is 32.2. The highest BCUT2D eigenvalue weighted by Crippen LogP contribution is 2.11. The molecule has 0 saturated carbocycles. The Hall–Kier alpha value is -1.34. The van der Waals surface area contributed by atoms with E-state index in [0.29, 0.717) is 11.3 Å². The Morgan fingerprint density at radius 3 is 2.68 bits per heavy atom. The molecule has 106 valence electrons. The molecule has 0 spiro atoms. The van der Waals surface area contributed by atoms with E-state index in [1.165, 1.54) is 11.8 Å². The summed E-state index contributed by atoms with van der Waals surface area (Å²) in [4.78, 5) is 23.8. The molecule has 0 aliphatic carbocycles. The first kappa shape index (κ1) is 15.7. The number of hydrogen-bond donors (Lipinski definition) is 3. The molecule has 0 aliphatic rings. The van der Waals surface area contributed by atoms with Crippen molar-refractivity contribution in [3.05, 3.63) is 27.2 Å². The van der Waals surface area contributed by atoms with Gasteiger partial charge >= 0.3 is 0 Å². The Kier molecular flexibility index (Phi) is 5.56. The zero-order valence-electron chi connectivity index (χ0n) is 11.5. The van der Waals surface area contributed by atoms with Gasteiger partial charge in [-0.05, 0) is 32.6 Å². The molecule has 1 aromatic rings. The third-order valence-corrected chi connectivity index (χ3v) is 4.26. The fourth-order valence-electron chi connectivity index (χ4n) is 1.71. The van der Waals surface area contributed by atoms with Gasteiger partial charge in [0.05, 0.1) is 12.3 Å². The lowest BCUT2D eigenvalue weighted by molar-refractivity contribution is 0.0933. The molecule has 1 rings (SSSR count). The Labute approximate surface area is 116 Å². The molecule has 0 saturated heterocycles. The average Bonchev–Trinajstić information content (AvgIpc) is 2.36. The third kappa shape index (κ3) is 3.57. The zero-order chi connectivity index (χ0) is 14.6. The predicted octanol–water partition coefficient (Wildman–Crippen LogP) is 0.229. The van der Waals surface area contributed by atoms with Gasteiger partial charge in [0, 0.05) is 11.3 Å². The van der Waals surface area contributed by atoms with Crippen molar-refractivity contribution < 1.29 is 9.90 Å². The minimum Gasteiger partial charge on any atom is -0.395 e. The number of thioether (sulfide) groups is 1. The van der Waals surface area contributed by atoms with Gasteiger partial charge in [0.1, 0.15) is 5.56 Å². The van der Waals surface area contributed by atoms with Crippen molar-refractivity contribution >= 4 is 17.7 Å². The van der Waals surface area contributed by atoms with Gasteiger partial charge in [0.25, 0.3) is 11.5 Å². The van der Waals surface area contributed by atoms with E-state index < -0.39 is 11.5 Å². The topological polar surface area (TPSA) is 95.1 Å². The third-order valence-electron chi connectivity index (χ3n) is 3.10. The summed E-state index contributed by atoms with van der Waals surface area (Å²) in [6, 6.07) is -0.236. The second-order valence-corrected chi connectivity index (χ2v) is 5.43. The quantitative estimate of drug-likeness (QED) is 0.720. The van der Waals surface area contributed by atoms with Crippen molar-refractivity contribution in [3.63, 3.8) is 0 Å². The smallest absolute Gasteiger partial charge is 0.277 e. The average molecular weight is 285 g/mol. The molecule has 1 aromatic heterocycles. The number of rotatable bonds is 5. The van der Waals surface area contributed by atoms with Gasteiger partial charge in [-0.3, -0.25) is 9.59 Å². The van der Waals surface area contributed by atoms with Crippen molar-refractivity contribution in [1.29, 1.82) is 0 Å². The number of aromatic nitrogens is 2. The predicted molar refractivity (Wildman–Crippen MR) is 75.6 cm³/mol. The number of nitrogens with zero attached hydrogens (tertiary/aromatic N) is 1. The van der Waals surface area contributed by atoms with Crippen LogP contribution >= 0.6 is 11.8 Å². The second-order valence-electron chi connectivity index (χ2n) is 4.36. The fraction of sp³-hybridized carbons (Fsp3) is 0.583. The molecule has 0 radical (unpaired) electrons. The van der Waals surface area contributed by atoms with E-state index in [0.717, 1.165) is 0 Å². The normalized spacial score (nSPS) is 13.9. The molecule has 1 heterocycles. The molecule has 19 heavy (non-hydrogen) atoms. The van der Waals surface area contributed by atoms with Crippen LogP contribution in [0, 0.1) is 13.8 Å². The molecule has 1 amide bonds. The van der Waals surface area contributed by atoms with Crippen LogP contribution in [0.3, 0.4) is 0 Å². The van der Waals surface area contributed by atoms with Gasteiger partial charge in [0.15, 0.2) is 0 Å². The maximum Gasteiger partial charge on any atom is 0.277 e. The number of aliphatic hydroxyl groups excluding tert-OH is 1. The number of hydrogen-bond acceptors (Lipinski definition) is 5. The van der Waals surface area contributed by atoms with Crippen molar-refractivity contribution in [2.45, 2.75) is 32.1 Å². The van der Waals surface area contributed by atoms with Gasteiger partial charge in [-0.25, -0.2) is 5.10 Å². The van der Waals surface area contributed by atoms with Crippen molar-refractivity contribution in [3.8, 4) is 0 Å². The van der Waals surface area contributed by atoms with E-state index in [-0.39, 0.29) is 23.5 Å². The Bertz CT molecular complexity index is 511. The standard InChI is InChI=1S/C12H19N3O3S/c1-6-7(2)14-15-12(18)10(6)11(17)13-8(3)9(5-16)19-4/h8-9,16H,5H2,1-4H3,(H,13,17)(H,15,18). The van der Waals surface area contributed by atoms with E-state index in [9.17, 15) is 14.7 Å². The fourth-order valence-corrected chi connectivity index (χ4v) is 2.33. The summed E-state index contributed by atoms with van der Waals surface area (Å²) in [6.45, 7) is 5.18. The number of carbonyl (C=O) groups is 1. The van der Waals surface area contributed by atoms with Crippen LogP contribution in [0.2, 0.25) is 0 Å². The minimum atomic E-state index is -0.502. The van der Waals surface area contributed by atoms with E-state index in [2.05, 4.69) is 15.5 Å². The summed E-state index contributed by atoms with van der Waals surface area (Å²) in [5.74, 6) is -0.441. The first-order chi connectivity index (χ1) is 8.92. The van der Waals surface area contributed by atoms with E-state index in [1.54, 1.807) is 20.8 Å². The molecule has 0 aliphatic heterocycles. The zero-order valence-corrected chi connectivity index (χ0v) is 12.3. The lowest BCUT2D eigenvalue weighted by Crippen LogP contribution is -2.43. The second kappa shape index (κ2) is 6.72. The Morgan fingerprint density at radius 2 is 2.16 bits per heavy atom. The van der Waals surface area contributed by atoms with Crippen LogP contribution in [0.1, 0.15) is 28.5 Å².